The van der Waals surface area contributed by atoms with Crippen molar-refractivity contribution in [1.82, 2.24) is 10.2 Å². The summed E-state index contributed by atoms with van der Waals surface area (Å²) >= 11 is 0. The minimum Gasteiger partial charge on any atom is -0.489 e. The summed E-state index contributed by atoms with van der Waals surface area (Å²) in [6.07, 6.45) is 2.39. The second-order valence-electron chi connectivity index (χ2n) is 6.23. The van der Waals surface area contributed by atoms with Crippen LogP contribution in [0.3, 0.4) is 0 Å². The topological polar surface area (TPSA) is 24.5 Å². The quantitative estimate of drug-likeness (QED) is 0.582. The van der Waals surface area contributed by atoms with Gasteiger partial charge in [-0.25, -0.2) is 0 Å². The summed E-state index contributed by atoms with van der Waals surface area (Å²) in [7, 11) is 0. The Bertz CT molecular complexity index is 418. The van der Waals surface area contributed by atoms with E-state index in [-0.39, 0.29) is 6.10 Å². The van der Waals surface area contributed by atoms with E-state index in [9.17, 15) is 0 Å². The summed E-state index contributed by atoms with van der Waals surface area (Å²) in [4.78, 5) is 2.44. The fourth-order valence-corrected chi connectivity index (χ4v) is 2.70. The van der Waals surface area contributed by atoms with Gasteiger partial charge in [0.1, 0.15) is 11.9 Å². The summed E-state index contributed by atoms with van der Waals surface area (Å²) in [6.45, 7) is 16.4. The molecule has 0 spiro atoms. The second-order valence-corrected chi connectivity index (χ2v) is 6.23. The summed E-state index contributed by atoms with van der Waals surface area (Å²) in [5.74, 6) is 1.60. The zero-order valence-corrected chi connectivity index (χ0v) is 15.8. The zero-order chi connectivity index (χ0) is 17.1. The van der Waals surface area contributed by atoms with Crippen molar-refractivity contribution in [3.05, 3.63) is 29.8 Å². The summed E-state index contributed by atoms with van der Waals surface area (Å²) in [6, 6.07) is 8.49. The highest BCUT2D eigenvalue weighted by Crippen LogP contribution is 2.29. The Kier molecular flexibility index (Phi) is 9.97. The third kappa shape index (κ3) is 6.92. The van der Waals surface area contributed by atoms with Gasteiger partial charge in [0.2, 0.25) is 0 Å². The molecule has 0 fully saturated rings. The normalized spacial score (nSPS) is 14.0. The van der Waals surface area contributed by atoms with E-state index < -0.39 is 0 Å². The Morgan fingerprint density at radius 1 is 1.04 bits per heavy atom. The maximum atomic E-state index is 6.30. The number of rotatable bonds is 12. The van der Waals surface area contributed by atoms with Crippen LogP contribution >= 0.6 is 0 Å². The molecule has 3 nitrogen and oxygen atoms in total. The Morgan fingerprint density at radius 3 is 2.35 bits per heavy atom. The molecule has 1 N–H and O–H groups in total. The standard InChI is InChI=1S/C20H36N2O/c1-6-17(5)19-12-10-11-13-20(19)23-18(7-2)16-21-14-15-22(8-3)9-4/h10-13,17-18,21H,6-9,14-16H2,1-5H3. The van der Waals surface area contributed by atoms with Gasteiger partial charge in [-0.3, -0.25) is 0 Å². The van der Waals surface area contributed by atoms with Crippen molar-refractivity contribution in [3.8, 4) is 5.75 Å². The van der Waals surface area contributed by atoms with Gasteiger partial charge in [-0.1, -0.05) is 52.8 Å². The van der Waals surface area contributed by atoms with E-state index in [0.717, 1.165) is 51.3 Å². The number of nitrogens with one attached hydrogen (secondary N) is 1. The van der Waals surface area contributed by atoms with Gasteiger partial charge in [0.25, 0.3) is 0 Å². The Hall–Kier alpha value is -1.06. The number of para-hydroxylation sites is 1. The summed E-state index contributed by atoms with van der Waals surface area (Å²) in [5, 5.41) is 3.55. The van der Waals surface area contributed by atoms with Gasteiger partial charge in [0, 0.05) is 19.6 Å². The number of benzene rings is 1. The number of hydrogen-bond donors (Lipinski definition) is 1. The van der Waals surface area contributed by atoms with Crippen LogP contribution in [0.1, 0.15) is 58.9 Å². The van der Waals surface area contributed by atoms with E-state index in [1.165, 1.54) is 5.56 Å². The highest BCUT2D eigenvalue weighted by atomic mass is 16.5. The molecule has 0 heterocycles. The third-order valence-corrected chi connectivity index (χ3v) is 4.68. The molecular weight excluding hydrogens is 284 g/mol. The Balaban J connectivity index is 2.50. The van der Waals surface area contributed by atoms with Crippen molar-refractivity contribution in [2.75, 3.05) is 32.7 Å². The van der Waals surface area contributed by atoms with Crippen LogP contribution in [0.2, 0.25) is 0 Å². The van der Waals surface area contributed by atoms with Crippen LogP contribution < -0.4 is 10.1 Å². The molecular formula is C20H36N2O. The van der Waals surface area contributed by atoms with Crippen molar-refractivity contribution in [3.63, 3.8) is 0 Å². The van der Waals surface area contributed by atoms with Crippen molar-refractivity contribution in [1.29, 1.82) is 0 Å². The van der Waals surface area contributed by atoms with Crippen LogP contribution in [0.5, 0.6) is 5.75 Å². The molecule has 0 saturated heterocycles. The maximum Gasteiger partial charge on any atom is 0.123 e. The molecule has 0 aliphatic carbocycles. The van der Waals surface area contributed by atoms with Crippen LogP contribution in [0, 0.1) is 0 Å². The molecule has 0 aliphatic heterocycles. The van der Waals surface area contributed by atoms with E-state index in [1.807, 2.05) is 0 Å². The van der Waals surface area contributed by atoms with Crippen molar-refractivity contribution >= 4 is 0 Å². The van der Waals surface area contributed by atoms with Gasteiger partial charge in [-0.15, -0.1) is 0 Å². The minimum absolute atomic E-state index is 0.233. The number of hydrogen-bond acceptors (Lipinski definition) is 3. The van der Waals surface area contributed by atoms with Gasteiger partial charge in [-0.2, -0.15) is 0 Å². The fraction of sp³-hybridized carbons (Fsp3) is 0.700. The molecule has 0 amide bonds. The largest absolute Gasteiger partial charge is 0.489 e. The third-order valence-electron chi connectivity index (χ3n) is 4.68. The molecule has 132 valence electrons. The Morgan fingerprint density at radius 2 is 1.74 bits per heavy atom. The first-order chi connectivity index (χ1) is 11.2. The molecule has 1 aromatic rings. The highest BCUT2D eigenvalue weighted by molar-refractivity contribution is 5.36. The van der Waals surface area contributed by atoms with E-state index in [4.69, 9.17) is 4.74 Å². The molecule has 1 rings (SSSR count). The van der Waals surface area contributed by atoms with E-state index in [1.54, 1.807) is 0 Å². The highest BCUT2D eigenvalue weighted by Gasteiger charge is 2.14. The molecule has 2 unspecified atom stereocenters. The van der Waals surface area contributed by atoms with Gasteiger partial charge in [0.05, 0.1) is 0 Å². The lowest BCUT2D eigenvalue weighted by Crippen LogP contribution is -2.37. The lowest BCUT2D eigenvalue weighted by atomic mass is 9.98. The zero-order valence-electron chi connectivity index (χ0n) is 15.8. The molecule has 3 heteroatoms. The summed E-state index contributed by atoms with van der Waals surface area (Å²) < 4.78 is 6.30. The van der Waals surface area contributed by atoms with E-state index in [2.05, 4.69) is 69.1 Å². The molecule has 0 aliphatic rings. The first-order valence-electron chi connectivity index (χ1n) is 9.34. The van der Waals surface area contributed by atoms with Crippen molar-refractivity contribution in [2.45, 2.75) is 59.5 Å². The van der Waals surface area contributed by atoms with Gasteiger partial charge >= 0.3 is 0 Å². The lowest BCUT2D eigenvalue weighted by molar-refractivity contribution is 0.188. The monoisotopic (exact) mass is 320 g/mol. The predicted molar refractivity (Wildman–Crippen MR) is 101 cm³/mol. The fourth-order valence-electron chi connectivity index (χ4n) is 2.70. The molecule has 23 heavy (non-hydrogen) atoms. The average Bonchev–Trinajstić information content (AvgIpc) is 2.60. The molecule has 0 bridgehead atoms. The van der Waals surface area contributed by atoms with E-state index >= 15 is 0 Å². The van der Waals surface area contributed by atoms with Crippen LogP contribution in [0.25, 0.3) is 0 Å². The van der Waals surface area contributed by atoms with Crippen LogP contribution in [-0.4, -0.2) is 43.7 Å². The molecule has 0 saturated carbocycles. The lowest BCUT2D eigenvalue weighted by Gasteiger charge is -2.23. The van der Waals surface area contributed by atoms with Gasteiger partial charge in [-0.05, 0) is 43.5 Å². The second kappa shape index (κ2) is 11.5. The predicted octanol–water partition coefficient (Wildman–Crippen LogP) is 4.29. The van der Waals surface area contributed by atoms with Crippen molar-refractivity contribution < 1.29 is 4.74 Å². The van der Waals surface area contributed by atoms with E-state index in [0.29, 0.717) is 5.92 Å². The first-order valence-corrected chi connectivity index (χ1v) is 9.34. The smallest absolute Gasteiger partial charge is 0.123 e. The average molecular weight is 321 g/mol. The molecule has 0 radical (unpaired) electrons. The van der Waals surface area contributed by atoms with Gasteiger partial charge in [0.15, 0.2) is 0 Å². The minimum atomic E-state index is 0.233. The van der Waals surface area contributed by atoms with Crippen LogP contribution in [0.15, 0.2) is 24.3 Å². The molecule has 2 atom stereocenters. The summed E-state index contributed by atoms with van der Waals surface area (Å²) in [5.41, 5.74) is 1.33. The van der Waals surface area contributed by atoms with Crippen LogP contribution in [0.4, 0.5) is 0 Å². The SMILES string of the molecule is CCC(CNCCN(CC)CC)Oc1ccccc1C(C)CC. The first kappa shape index (κ1) is 20.0. The van der Waals surface area contributed by atoms with Crippen LogP contribution in [-0.2, 0) is 0 Å². The molecule has 1 aromatic carbocycles. The Labute approximate surface area is 143 Å². The number of likely N-dealkylation sites (N-methyl/N-ethyl adjacent to an activating group) is 1. The van der Waals surface area contributed by atoms with Gasteiger partial charge < -0.3 is 15.0 Å². The number of nitrogens with zero attached hydrogens (tertiary/aromatic N) is 1. The maximum absolute atomic E-state index is 6.30. The molecule has 0 aromatic heterocycles. The van der Waals surface area contributed by atoms with Crippen molar-refractivity contribution in [2.24, 2.45) is 0 Å². The number of ether oxygens (including phenoxy) is 1.